The van der Waals surface area contributed by atoms with E-state index < -0.39 is 0 Å². The Hall–Kier alpha value is -2.04. The third kappa shape index (κ3) is 2.86. The van der Waals surface area contributed by atoms with Crippen molar-refractivity contribution in [3.8, 4) is 0 Å². The first-order valence-electron chi connectivity index (χ1n) is 6.07. The molecule has 0 saturated carbocycles. The van der Waals surface area contributed by atoms with Crippen molar-refractivity contribution in [3.05, 3.63) is 64.0 Å². The Bertz CT molecular complexity index is 845. The van der Waals surface area contributed by atoms with E-state index in [2.05, 4.69) is 10.3 Å². The van der Waals surface area contributed by atoms with E-state index in [0.29, 0.717) is 32.3 Å². The Morgan fingerprint density at radius 3 is 2.67 bits per heavy atom. The van der Waals surface area contributed by atoms with Crippen LogP contribution in [0.2, 0.25) is 10.0 Å². The number of hydrogen-bond acceptors (Lipinski definition) is 1. The molecule has 0 aliphatic rings. The van der Waals surface area contributed by atoms with Gasteiger partial charge in [0.2, 0.25) is 0 Å². The van der Waals surface area contributed by atoms with Gasteiger partial charge in [0.1, 0.15) is 11.5 Å². The Kier molecular flexibility index (Phi) is 3.57. The Morgan fingerprint density at radius 1 is 1.10 bits per heavy atom. The molecule has 1 aromatic heterocycles. The normalized spacial score (nSPS) is 10.8. The van der Waals surface area contributed by atoms with E-state index in [1.54, 1.807) is 30.3 Å². The van der Waals surface area contributed by atoms with Gasteiger partial charge in [-0.3, -0.25) is 4.79 Å². The molecule has 21 heavy (non-hydrogen) atoms. The third-order valence-corrected chi connectivity index (χ3v) is 3.55. The Morgan fingerprint density at radius 2 is 1.90 bits per heavy atom. The minimum absolute atomic E-state index is 0.321. The number of fused-ring (bicyclic) bond motifs is 1. The molecule has 0 radical (unpaired) electrons. The zero-order valence-corrected chi connectivity index (χ0v) is 12.1. The lowest BCUT2D eigenvalue weighted by Crippen LogP contribution is -2.12. The third-order valence-electron chi connectivity index (χ3n) is 3.01. The maximum absolute atomic E-state index is 13.1. The van der Waals surface area contributed by atoms with Gasteiger partial charge in [0, 0.05) is 15.9 Å². The highest BCUT2D eigenvalue weighted by atomic mass is 35.5. The summed E-state index contributed by atoms with van der Waals surface area (Å²) in [4.78, 5) is 15.1. The number of aromatic nitrogens is 1. The van der Waals surface area contributed by atoms with Crippen molar-refractivity contribution in [2.24, 2.45) is 0 Å². The second-order valence-electron chi connectivity index (χ2n) is 4.49. The number of H-pyrrole nitrogens is 1. The highest BCUT2D eigenvalue weighted by molar-refractivity contribution is 6.36. The molecule has 3 rings (SSSR count). The number of amides is 1. The molecule has 0 unspecified atom stereocenters. The van der Waals surface area contributed by atoms with E-state index in [1.807, 2.05) is 0 Å². The summed E-state index contributed by atoms with van der Waals surface area (Å²) in [6.45, 7) is 0. The molecule has 0 atom stereocenters. The van der Waals surface area contributed by atoms with Gasteiger partial charge in [0.05, 0.1) is 10.7 Å². The molecular weight excluding hydrogens is 314 g/mol. The number of anilines is 1. The minimum Gasteiger partial charge on any atom is -0.351 e. The molecule has 0 spiro atoms. The maximum atomic E-state index is 13.1. The fourth-order valence-corrected chi connectivity index (χ4v) is 2.46. The summed E-state index contributed by atoms with van der Waals surface area (Å²) in [5, 5.41) is 4.13. The minimum atomic E-state index is -0.365. The molecule has 3 nitrogen and oxygen atoms in total. The van der Waals surface area contributed by atoms with Crippen molar-refractivity contribution >= 4 is 45.7 Å². The quantitative estimate of drug-likeness (QED) is 0.694. The second kappa shape index (κ2) is 5.39. The molecule has 0 bridgehead atoms. The van der Waals surface area contributed by atoms with Gasteiger partial charge in [-0.25, -0.2) is 4.39 Å². The van der Waals surface area contributed by atoms with Crippen molar-refractivity contribution < 1.29 is 9.18 Å². The van der Waals surface area contributed by atoms with Crippen LogP contribution in [-0.2, 0) is 0 Å². The van der Waals surface area contributed by atoms with Gasteiger partial charge in [-0.05, 0) is 42.5 Å². The van der Waals surface area contributed by atoms with Gasteiger partial charge in [-0.2, -0.15) is 0 Å². The van der Waals surface area contributed by atoms with Crippen molar-refractivity contribution in [1.29, 1.82) is 0 Å². The first-order chi connectivity index (χ1) is 10.0. The predicted molar refractivity (Wildman–Crippen MR) is 82.7 cm³/mol. The summed E-state index contributed by atoms with van der Waals surface area (Å²) >= 11 is 11.8. The topological polar surface area (TPSA) is 44.9 Å². The molecule has 0 aliphatic carbocycles. The van der Waals surface area contributed by atoms with Crippen molar-refractivity contribution in [3.63, 3.8) is 0 Å². The molecule has 6 heteroatoms. The van der Waals surface area contributed by atoms with Crippen LogP contribution in [0.4, 0.5) is 10.1 Å². The molecule has 3 aromatic rings. The Labute approximate surface area is 129 Å². The van der Waals surface area contributed by atoms with Gasteiger partial charge in [0.15, 0.2) is 0 Å². The average molecular weight is 323 g/mol. The maximum Gasteiger partial charge on any atom is 0.272 e. The van der Waals surface area contributed by atoms with Gasteiger partial charge < -0.3 is 10.3 Å². The number of nitrogens with one attached hydrogen (secondary N) is 2. The predicted octanol–water partition coefficient (Wildman–Crippen LogP) is 4.87. The summed E-state index contributed by atoms with van der Waals surface area (Å²) in [5.74, 6) is -0.718. The van der Waals surface area contributed by atoms with Crippen LogP contribution in [0.1, 0.15) is 10.5 Å². The monoisotopic (exact) mass is 322 g/mol. The van der Waals surface area contributed by atoms with Crippen LogP contribution in [0.15, 0.2) is 42.5 Å². The average Bonchev–Trinajstić information content (AvgIpc) is 2.85. The van der Waals surface area contributed by atoms with Crippen molar-refractivity contribution in [2.45, 2.75) is 0 Å². The molecule has 0 fully saturated rings. The van der Waals surface area contributed by atoms with Gasteiger partial charge in [0.25, 0.3) is 5.91 Å². The largest absolute Gasteiger partial charge is 0.351 e. The number of aromatic amines is 1. The number of benzene rings is 2. The van der Waals surface area contributed by atoms with Gasteiger partial charge in [-0.1, -0.05) is 23.2 Å². The molecular formula is C15H9Cl2FN2O. The SMILES string of the molecule is O=C(Nc1ccc(Cl)cc1Cl)c1cc2cc(F)ccc2[nH]1. The number of carbonyl (C=O) groups excluding carboxylic acids is 1. The van der Waals surface area contributed by atoms with Crippen LogP contribution in [-0.4, -0.2) is 10.9 Å². The van der Waals surface area contributed by atoms with E-state index in [1.165, 1.54) is 12.1 Å². The molecule has 0 saturated heterocycles. The molecule has 106 valence electrons. The zero-order valence-electron chi connectivity index (χ0n) is 10.6. The van der Waals surface area contributed by atoms with Crippen molar-refractivity contribution in [1.82, 2.24) is 4.98 Å². The van der Waals surface area contributed by atoms with E-state index in [4.69, 9.17) is 23.2 Å². The Balaban J connectivity index is 1.89. The second-order valence-corrected chi connectivity index (χ2v) is 5.34. The highest BCUT2D eigenvalue weighted by Crippen LogP contribution is 2.26. The number of rotatable bonds is 2. The summed E-state index contributed by atoms with van der Waals surface area (Å²) in [6.07, 6.45) is 0. The summed E-state index contributed by atoms with van der Waals surface area (Å²) in [6, 6.07) is 10.6. The molecule has 0 aliphatic heterocycles. The standard InChI is InChI=1S/C15H9Cl2FN2O/c16-9-1-3-13(11(17)7-9)20-15(21)14-6-8-5-10(18)2-4-12(8)19-14/h1-7,19H,(H,20,21). The molecule has 1 amide bonds. The van der Waals surface area contributed by atoms with E-state index >= 15 is 0 Å². The van der Waals surface area contributed by atoms with Crippen LogP contribution in [0.5, 0.6) is 0 Å². The fourth-order valence-electron chi connectivity index (χ4n) is 2.01. The van der Waals surface area contributed by atoms with Crippen LogP contribution in [0.25, 0.3) is 10.9 Å². The summed E-state index contributed by atoms with van der Waals surface area (Å²) in [5.41, 5.74) is 1.46. The lowest BCUT2D eigenvalue weighted by Gasteiger charge is -2.06. The fraction of sp³-hybridized carbons (Fsp3) is 0. The molecule has 1 heterocycles. The first-order valence-corrected chi connectivity index (χ1v) is 6.83. The van der Waals surface area contributed by atoms with E-state index in [0.717, 1.165) is 0 Å². The van der Waals surface area contributed by atoms with Crippen LogP contribution in [0, 0.1) is 5.82 Å². The summed E-state index contributed by atoms with van der Waals surface area (Å²) < 4.78 is 13.1. The molecule has 2 N–H and O–H groups in total. The lowest BCUT2D eigenvalue weighted by molar-refractivity contribution is 0.102. The van der Waals surface area contributed by atoms with Crippen molar-refractivity contribution in [2.75, 3.05) is 5.32 Å². The highest BCUT2D eigenvalue weighted by Gasteiger charge is 2.12. The number of halogens is 3. The number of carbonyl (C=O) groups is 1. The van der Waals surface area contributed by atoms with Crippen LogP contribution >= 0.6 is 23.2 Å². The van der Waals surface area contributed by atoms with E-state index in [9.17, 15) is 9.18 Å². The van der Waals surface area contributed by atoms with Crippen LogP contribution < -0.4 is 5.32 Å². The zero-order chi connectivity index (χ0) is 15.0. The smallest absolute Gasteiger partial charge is 0.272 e. The molecule has 2 aromatic carbocycles. The van der Waals surface area contributed by atoms with Gasteiger partial charge in [-0.15, -0.1) is 0 Å². The number of hydrogen-bond donors (Lipinski definition) is 2. The van der Waals surface area contributed by atoms with Gasteiger partial charge >= 0.3 is 0 Å². The first kappa shape index (κ1) is 13.9. The lowest BCUT2D eigenvalue weighted by atomic mass is 10.2. The summed E-state index contributed by atoms with van der Waals surface area (Å²) in [7, 11) is 0. The van der Waals surface area contributed by atoms with E-state index in [-0.39, 0.29) is 11.7 Å². The van der Waals surface area contributed by atoms with Crippen LogP contribution in [0.3, 0.4) is 0 Å².